The zero-order chi connectivity index (χ0) is 13.7. The van der Waals surface area contributed by atoms with E-state index in [9.17, 15) is 9.59 Å². The van der Waals surface area contributed by atoms with Crippen LogP contribution in [-0.2, 0) is 14.3 Å². The molecule has 0 N–H and O–H groups in total. The first-order chi connectivity index (χ1) is 9.19. The van der Waals surface area contributed by atoms with Crippen molar-refractivity contribution in [2.75, 3.05) is 12.4 Å². The van der Waals surface area contributed by atoms with Crippen LogP contribution in [-0.4, -0.2) is 29.1 Å². The van der Waals surface area contributed by atoms with E-state index in [1.54, 1.807) is 6.92 Å². The molecule has 0 spiro atoms. The fraction of sp³-hybridized carbons (Fsp3) is 0.308. The summed E-state index contributed by atoms with van der Waals surface area (Å²) < 4.78 is 10.2. The molecule has 0 atom stereocenters. The van der Waals surface area contributed by atoms with E-state index >= 15 is 0 Å². The van der Waals surface area contributed by atoms with Gasteiger partial charge in [0.1, 0.15) is 11.9 Å². The monoisotopic (exact) mass is 279 g/mol. The van der Waals surface area contributed by atoms with Crippen molar-refractivity contribution in [3.8, 4) is 0 Å². The number of benzene rings is 1. The molecule has 5 nitrogen and oxygen atoms in total. The van der Waals surface area contributed by atoms with Crippen LogP contribution in [0, 0.1) is 0 Å². The molecular formula is C13H13NO4S. The van der Waals surface area contributed by atoms with Crippen LogP contribution in [0.1, 0.15) is 13.3 Å². The lowest BCUT2D eigenvalue weighted by atomic mass is 10.3. The Morgan fingerprint density at radius 2 is 2.16 bits per heavy atom. The number of para-hydroxylation sites is 2. The number of carbonyl (C=O) groups is 2. The highest BCUT2D eigenvalue weighted by atomic mass is 32.2. The molecule has 100 valence electrons. The molecule has 0 amide bonds. The number of ketones is 1. The minimum atomic E-state index is -0.495. The molecule has 0 fully saturated rings. The highest BCUT2D eigenvalue weighted by Crippen LogP contribution is 2.23. The number of hydrogen-bond donors (Lipinski definition) is 0. The molecular weight excluding hydrogens is 266 g/mol. The molecule has 1 aromatic carbocycles. The molecule has 6 heteroatoms. The Kier molecular flexibility index (Phi) is 4.57. The van der Waals surface area contributed by atoms with E-state index in [0.717, 1.165) is 5.52 Å². The Morgan fingerprint density at radius 3 is 2.89 bits per heavy atom. The van der Waals surface area contributed by atoms with Gasteiger partial charge in [-0.05, 0) is 19.1 Å². The summed E-state index contributed by atoms with van der Waals surface area (Å²) in [5, 5.41) is 0.429. The standard InChI is InChI=1S/C13H13NO4S/c1-2-17-12(16)7-9(15)8-19-13-14-10-5-3-4-6-11(10)18-13/h3-6H,2,7-8H2,1H3. The molecule has 1 aromatic heterocycles. The minimum Gasteiger partial charge on any atom is -0.466 e. The summed E-state index contributed by atoms with van der Waals surface area (Å²) in [7, 11) is 0. The zero-order valence-corrected chi connectivity index (χ0v) is 11.2. The Labute approximate surface area is 114 Å². The van der Waals surface area contributed by atoms with Crippen molar-refractivity contribution in [2.45, 2.75) is 18.6 Å². The number of esters is 1. The number of aromatic nitrogens is 1. The molecule has 0 saturated carbocycles. The molecule has 2 aromatic rings. The smallest absolute Gasteiger partial charge is 0.313 e. The number of oxazole rings is 1. The maximum Gasteiger partial charge on any atom is 0.313 e. The van der Waals surface area contributed by atoms with Crippen molar-refractivity contribution < 1.29 is 18.7 Å². The van der Waals surface area contributed by atoms with Crippen LogP contribution in [0.15, 0.2) is 33.9 Å². The average Bonchev–Trinajstić information content (AvgIpc) is 2.79. The molecule has 0 aliphatic carbocycles. The number of carbonyl (C=O) groups excluding carboxylic acids is 2. The highest BCUT2D eigenvalue weighted by Gasteiger charge is 2.13. The van der Waals surface area contributed by atoms with Crippen LogP contribution in [0.5, 0.6) is 0 Å². The largest absolute Gasteiger partial charge is 0.466 e. The van der Waals surface area contributed by atoms with Gasteiger partial charge in [0, 0.05) is 0 Å². The topological polar surface area (TPSA) is 69.4 Å². The van der Waals surface area contributed by atoms with Crippen LogP contribution in [0.3, 0.4) is 0 Å². The summed E-state index contributed by atoms with van der Waals surface area (Å²) in [5.41, 5.74) is 1.44. The second-order valence-electron chi connectivity index (χ2n) is 3.76. The first-order valence-electron chi connectivity index (χ1n) is 5.84. The number of hydrogen-bond acceptors (Lipinski definition) is 6. The van der Waals surface area contributed by atoms with E-state index in [-0.39, 0.29) is 24.6 Å². The van der Waals surface area contributed by atoms with E-state index in [2.05, 4.69) is 4.98 Å². The lowest BCUT2D eigenvalue weighted by Gasteiger charge is -1.99. The first-order valence-corrected chi connectivity index (χ1v) is 6.83. The van der Waals surface area contributed by atoms with Crippen molar-refractivity contribution >= 4 is 34.6 Å². The number of fused-ring (bicyclic) bond motifs is 1. The summed E-state index contributed by atoms with van der Waals surface area (Å²) >= 11 is 1.18. The van der Waals surface area contributed by atoms with Gasteiger partial charge in [-0.3, -0.25) is 9.59 Å². The van der Waals surface area contributed by atoms with Crippen molar-refractivity contribution in [1.82, 2.24) is 4.98 Å². The highest BCUT2D eigenvalue weighted by molar-refractivity contribution is 7.99. The van der Waals surface area contributed by atoms with Gasteiger partial charge in [0.25, 0.3) is 5.22 Å². The van der Waals surface area contributed by atoms with Crippen LogP contribution in [0.4, 0.5) is 0 Å². The predicted molar refractivity (Wildman–Crippen MR) is 71.0 cm³/mol. The van der Waals surface area contributed by atoms with Gasteiger partial charge in [-0.25, -0.2) is 4.98 Å². The fourth-order valence-corrected chi connectivity index (χ4v) is 2.18. The van der Waals surface area contributed by atoms with Gasteiger partial charge in [-0.15, -0.1) is 0 Å². The van der Waals surface area contributed by atoms with E-state index < -0.39 is 5.97 Å². The third-order valence-electron chi connectivity index (χ3n) is 2.28. The summed E-state index contributed by atoms with van der Waals surface area (Å²) in [4.78, 5) is 26.9. The van der Waals surface area contributed by atoms with Gasteiger partial charge in [-0.1, -0.05) is 23.9 Å². The van der Waals surface area contributed by atoms with Crippen molar-refractivity contribution in [3.05, 3.63) is 24.3 Å². The third kappa shape index (κ3) is 3.82. The van der Waals surface area contributed by atoms with E-state index in [4.69, 9.17) is 9.15 Å². The number of ether oxygens (including phenoxy) is 1. The second kappa shape index (κ2) is 6.38. The van der Waals surface area contributed by atoms with Gasteiger partial charge in [0.2, 0.25) is 0 Å². The van der Waals surface area contributed by atoms with Crippen molar-refractivity contribution in [3.63, 3.8) is 0 Å². The molecule has 0 saturated heterocycles. The van der Waals surface area contributed by atoms with E-state index in [1.807, 2.05) is 24.3 Å². The Bertz CT molecular complexity index is 560. The first kappa shape index (κ1) is 13.6. The maximum absolute atomic E-state index is 11.5. The Balaban J connectivity index is 1.88. The summed E-state index contributed by atoms with van der Waals surface area (Å²) in [6.07, 6.45) is -0.207. The molecule has 0 aliphatic heterocycles. The second-order valence-corrected chi connectivity index (χ2v) is 4.68. The van der Waals surface area contributed by atoms with E-state index in [1.165, 1.54) is 11.8 Å². The average molecular weight is 279 g/mol. The van der Waals surface area contributed by atoms with Gasteiger partial charge < -0.3 is 9.15 Å². The lowest BCUT2D eigenvalue weighted by Crippen LogP contribution is -2.12. The fourth-order valence-electron chi connectivity index (χ4n) is 1.48. The SMILES string of the molecule is CCOC(=O)CC(=O)CSc1nc2ccccc2o1. The zero-order valence-electron chi connectivity index (χ0n) is 10.4. The van der Waals surface area contributed by atoms with Crippen LogP contribution < -0.4 is 0 Å². The predicted octanol–water partition coefficient (Wildman–Crippen LogP) is 2.44. The van der Waals surface area contributed by atoms with Crippen molar-refractivity contribution in [2.24, 2.45) is 0 Å². The number of Topliss-reactive ketones (excluding diaryl/α,β-unsaturated/α-hetero) is 1. The molecule has 0 unspecified atom stereocenters. The van der Waals surface area contributed by atoms with E-state index in [0.29, 0.717) is 10.8 Å². The third-order valence-corrected chi connectivity index (χ3v) is 3.17. The quantitative estimate of drug-likeness (QED) is 0.459. The van der Waals surface area contributed by atoms with Crippen LogP contribution in [0.2, 0.25) is 0 Å². The van der Waals surface area contributed by atoms with Gasteiger partial charge >= 0.3 is 5.97 Å². The minimum absolute atomic E-state index is 0.144. The summed E-state index contributed by atoms with van der Waals surface area (Å²) in [5.74, 6) is -0.553. The van der Waals surface area contributed by atoms with Gasteiger partial charge in [0.15, 0.2) is 11.4 Å². The normalized spacial score (nSPS) is 10.6. The Hall–Kier alpha value is -1.82. The number of rotatable bonds is 6. The molecule has 1 heterocycles. The molecule has 2 rings (SSSR count). The number of nitrogens with zero attached hydrogens (tertiary/aromatic N) is 1. The lowest BCUT2D eigenvalue weighted by molar-refractivity contribution is -0.145. The van der Waals surface area contributed by atoms with Gasteiger partial charge in [-0.2, -0.15) is 0 Å². The maximum atomic E-state index is 11.5. The van der Waals surface area contributed by atoms with Crippen molar-refractivity contribution in [1.29, 1.82) is 0 Å². The van der Waals surface area contributed by atoms with Crippen LogP contribution >= 0.6 is 11.8 Å². The van der Waals surface area contributed by atoms with Crippen LogP contribution in [0.25, 0.3) is 11.1 Å². The molecule has 0 bridgehead atoms. The molecule has 19 heavy (non-hydrogen) atoms. The van der Waals surface area contributed by atoms with Gasteiger partial charge in [0.05, 0.1) is 12.4 Å². The summed E-state index contributed by atoms with van der Waals surface area (Å²) in [6, 6.07) is 7.37. The Morgan fingerprint density at radius 1 is 1.37 bits per heavy atom. The molecule has 0 radical (unpaired) electrons. The molecule has 0 aliphatic rings. The summed E-state index contributed by atoms with van der Waals surface area (Å²) in [6.45, 7) is 1.99. The number of thioether (sulfide) groups is 1.